The van der Waals surface area contributed by atoms with Crippen molar-refractivity contribution in [2.24, 2.45) is 5.92 Å². The average molecular weight is 275 g/mol. The SMILES string of the molecule is COCC(Nc1ccc2[nH]c(=O)c(=O)[nH]c2c1)C1CC1. The monoisotopic (exact) mass is 275 g/mol. The number of ether oxygens (including phenoxy) is 1. The van der Waals surface area contributed by atoms with Crippen LogP contribution in [0.25, 0.3) is 11.0 Å². The second kappa shape index (κ2) is 5.13. The van der Waals surface area contributed by atoms with Crippen LogP contribution in [0.1, 0.15) is 12.8 Å². The van der Waals surface area contributed by atoms with Gasteiger partial charge in [0.2, 0.25) is 0 Å². The van der Waals surface area contributed by atoms with Crippen molar-refractivity contribution in [3.63, 3.8) is 0 Å². The van der Waals surface area contributed by atoms with Gasteiger partial charge in [-0.15, -0.1) is 0 Å². The van der Waals surface area contributed by atoms with Crippen molar-refractivity contribution >= 4 is 16.7 Å². The summed E-state index contributed by atoms with van der Waals surface area (Å²) in [6.07, 6.45) is 2.44. The van der Waals surface area contributed by atoms with E-state index >= 15 is 0 Å². The summed E-state index contributed by atoms with van der Waals surface area (Å²) in [5.41, 5.74) is 0.884. The first kappa shape index (κ1) is 12.9. The fraction of sp³-hybridized carbons (Fsp3) is 0.429. The summed E-state index contributed by atoms with van der Waals surface area (Å²) in [6.45, 7) is 0.658. The van der Waals surface area contributed by atoms with E-state index in [1.54, 1.807) is 13.2 Å². The van der Waals surface area contributed by atoms with Gasteiger partial charge in [-0.25, -0.2) is 0 Å². The number of hydrogen-bond acceptors (Lipinski definition) is 4. The van der Waals surface area contributed by atoms with Gasteiger partial charge in [-0.05, 0) is 37.0 Å². The van der Waals surface area contributed by atoms with E-state index in [0.717, 1.165) is 5.69 Å². The third-order valence-electron chi connectivity index (χ3n) is 3.61. The van der Waals surface area contributed by atoms with Crippen LogP contribution in [0.5, 0.6) is 0 Å². The maximum Gasteiger partial charge on any atom is 0.314 e. The van der Waals surface area contributed by atoms with Crippen molar-refractivity contribution in [3.8, 4) is 0 Å². The highest BCUT2D eigenvalue weighted by molar-refractivity contribution is 5.78. The van der Waals surface area contributed by atoms with Crippen LogP contribution in [0.4, 0.5) is 5.69 Å². The van der Waals surface area contributed by atoms with Crippen LogP contribution in [0.15, 0.2) is 27.8 Å². The first-order chi connectivity index (χ1) is 9.67. The Bertz CT molecular complexity index is 730. The highest BCUT2D eigenvalue weighted by Gasteiger charge is 2.31. The van der Waals surface area contributed by atoms with Crippen molar-refractivity contribution < 1.29 is 4.74 Å². The predicted molar refractivity (Wildman–Crippen MR) is 77.2 cm³/mol. The van der Waals surface area contributed by atoms with Gasteiger partial charge in [0.15, 0.2) is 0 Å². The van der Waals surface area contributed by atoms with Crippen LogP contribution in [0.3, 0.4) is 0 Å². The zero-order valence-electron chi connectivity index (χ0n) is 11.2. The zero-order chi connectivity index (χ0) is 14.1. The molecular formula is C14H17N3O3. The summed E-state index contributed by atoms with van der Waals surface area (Å²) < 4.78 is 5.23. The molecule has 0 aliphatic heterocycles. The summed E-state index contributed by atoms with van der Waals surface area (Å²) in [5, 5.41) is 3.43. The van der Waals surface area contributed by atoms with Gasteiger partial charge < -0.3 is 20.0 Å². The number of rotatable bonds is 5. The number of aromatic nitrogens is 2. The van der Waals surface area contributed by atoms with Crippen molar-refractivity contribution in [2.45, 2.75) is 18.9 Å². The fourth-order valence-electron chi connectivity index (χ4n) is 2.39. The molecule has 1 atom stereocenters. The van der Waals surface area contributed by atoms with Gasteiger partial charge in [0, 0.05) is 12.8 Å². The van der Waals surface area contributed by atoms with E-state index in [-0.39, 0.29) is 6.04 Å². The van der Waals surface area contributed by atoms with E-state index in [1.165, 1.54) is 12.8 Å². The third-order valence-corrected chi connectivity index (χ3v) is 3.61. The van der Waals surface area contributed by atoms with Crippen molar-refractivity contribution in [3.05, 3.63) is 38.9 Å². The normalized spacial score (nSPS) is 16.2. The van der Waals surface area contributed by atoms with Gasteiger partial charge in [-0.1, -0.05) is 0 Å². The minimum Gasteiger partial charge on any atom is -0.383 e. The second-order valence-corrected chi connectivity index (χ2v) is 5.21. The minimum absolute atomic E-state index is 0.284. The Labute approximate surface area is 115 Å². The first-order valence-electron chi connectivity index (χ1n) is 6.69. The van der Waals surface area contributed by atoms with Gasteiger partial charge >= 0.3 is 11.1 Å². The van der Waals surface area contributed by atoms with Gasteiger partial charge in [-0.2, -0.15) is 0 Å². The lowest BCUT2D eigenvalue weighted by Gasteiger charge is -2.18. The molecule has 1 heterocycles. The molecule has 1 aromatic heterocycles. The van der Waals surface area contributed by atoms with E-state index < -0.39 is 11.1 Å². The van der Waals surface area contributed by atoms with Crippen LogP contribution in [0, 0.1) is 5.92 Å². The lowest BCUT2D eigenvalue weighted by atomic mass is 10.1. The fourth-order valence-corrected chi connectivity index (χ4v) is 2.39. The molecule has 0 bridgehead atoms. The number of hydrogen-bond donors (Lipinski definition) is 3. The Morgan fingerprint density at radius 1 is 1.25 bits per heavy atom. The maximum absolute atomic E-state index is 11.3. The van der Waals surface area contributed by atoms with Crippen molar-refractivity contribution in [1.82, 2.24) is 9.97 Å². The highest BCUT2D eigenvalue weighted by Crippen LogP contribution is 2.34. The largest absolute Gasteiger partial charge is 0.383 e. The molecular weight excluding hydrogens is 258 g/mol. The number of methoxy groups -OCH3 is 1. The summed E-state index contributed by atoms with van der Waals surface area (Å²) in [5.74, 6) is 0.653. The van der Waals surface area contributed by atoms with E-state index in [2.05, 4.69) is 15.3 Å². The quantitative estimate of drug-likeness (QED) is 0.712. The highest BCUT2D eigenvalue weighted by atomic mass is 16.5. The number of aromatic amines is 2. The van der Waals surface area contributed by atoms with E-state index in [1.807, 2.05) is 12.1 Å². The smallest absolute Gasteiger partial charge is 0.314 e. The second-order valence-electron chi connectivity index (χ2n) is 5.21. The Hall–Kier alpha value is -2.08. The molecule has 6 heteroatoms. The Balaban J connectivity index is 1.90. The standard InChI is InChI=1S/C14H17N3O3/c1-20-7-12(8-2-3-8)15-9-4-5-10-11(6-9)17-14(19)13(18)16-10/h4-6,8,12,15H,2-3,7H2,1H3,(H,16,18)(H,17,19). The molecule has 1 aliphatic carbocycles. The average Bonchev–Trinajstić information content (AvgIpc) is 3.24. The topological polar surface area (TPSA) is 87.0 Å². The Kier molecular flexibility index (Phi) is 3.31. The first-order valence-corrected chi connectivity index (χ1v) is 6.69. The molecule has 1 aromatic carbocycles. The molecule has 106 valence electrons. The van der Waals surface area contributed by atoms with E-state index in [9.17, 15) is 9.59 Å². The van der Waals surface area contributed by atoms with Crippen LogP contribution in [-0.4, -0.2) is 29.7 Å². The van der Waals surface area contributed by atoms with Crippen LogP contribution >= 0.6 is 0 Å². The molecule has 1 saturated carbocycles. The minimum atomic E-state index is -0.634. The summed E-state index contributed by atoms with van der Waals surface area (Å²) in [4.78, 5) is 27.7. The molecule has 0 radical (unpaired) electrons. The number of anilines is 1. The number of nitrogens with one attached hydrogen (secondary N) is 3. The lowest BCUT2D eigenvalue weighted by Crippen LogP contribution is -2.29. The molecule has 2 aromatic rings. The third kappa shape index (κ3) is 2.60. The zero-order valence-corrected chi connectivity index (χ0v) is 11.2. The molecule has 3 rings (SSSR count). The predicted octanol–water partition coefficient (Wildman–Crippen LogP) is 1.05. The van der Waals surface area contributed by atoms with E-state index in [0.29, 0.717) is 23.6 Å². The van der Waals surface area contributed by atoms with Crippen LogP contribution < -0.4 is 16.4 Å². The lowest BCUT2D eigenvalue weighted by molar-refractivity contribution is 0.179. The van der Waals surface area contributed by atoms with Crippen LogP contribution in [0.2, 0.25) is 0 Å². The number of benzene rings is 1. The van der Waals surface area contributed by atoms with Gasteiger partial charge in [-0.3, -0.25) is 9.59 Å². The van der Waals surface area contributed by atoms with Gasteiger partial charge in [0.1, 0.15) is 0 Å². The number of H-pyrrole nitrogens is 2. The van der Waals surface area contributed by atoms with E-state index in [4.69, 9.17) is 4.74 Å². The van der Waals surface area contributed by atoms with Gasteiger partial charge in [0.25, 0.3) is 0 Å². The number of fused-ring (bicyclic) bond motifs is 1. The van der Waals surface area contributed by atoms with Gasteiger partial charge in [0.05, 0.1) is 23.7 Å². The molecule has 1 aliphatic rings. The Morgan fingerprint density at radius 3 is 2.60 bits per heavy atom. The molecule has 1 unspecified atom stereocenters. The molecule has 1 fully saturated rings. The maximum atomic E-state index is 11.3. The summed E-state index contributed by atoms with van der Waals surface area (Å²) >= 11 is 0. The molecule has 0 saturated heterocycles. The van der Waals surface area contributed by atoms with Crippen molar-refractivity contribution in [1.29, 1.82) is 0 Å². The molecule has 6 nitrogen and oxygen atoms in total. The Morgan fingerprint density at radius 2 is 1.95 bits per heavy atom. The van der Waals surface area contributed by atoms with Crippen molar-refractivity contribution in [2.75, 3.05) is 19.0 Å². The van der Waals surface area contributed by atoms with Crippen LogP contribution in [-0.2, 0) is 4.74 Å². The summed E-state index contributed by atoms with van der Waals surface area (Å²) in [7, 11) is 1.69. The molecule has 0 spiro atoms. The molecule has 3 N–H and O–H groups in total. The molecule has 0 amide bonds. The summed E-state index contributed by atoms with van der Waals surface area (Å²) in [6, 6.07) is 5.79. The molecule has 20 heavy (non-hydrogen) atoms.